The maximum Gasteiger partial charge on any atom is 0.317 e. The highest BCUT2D eigenvalue weighted by Crippen LogP contribution is 2.25. The standard InChI is InChI=1S/C21H23N5O2/c1-16-13-26(14-19(28-16)18-5-3-2-4-6-18)21(27)24-12-17-7-8-20(23-11-17)25-10-9-22-15-25/h2-11,15-16,19H,12-14H2,1H3,(H,24,27). The van der Waals surface area contributed by atoms with Crippen LogP contribution in [0.5, 0.6) is 0 Å². The third kappa shape index (κ3) is 4.20. The van der Waals surface area contributed by atoms with Crippen LogP contribution < -0.4 is 5.32 Å². The summed E-state index contributed by atoms with van der Waals surface area (Å²) in [5.74, 6) is 0.792. The van der Waals surface area contributed by atoms with Crippen molar-refractivity contribution in [2.75, 3.05) is 13.1 Å². The van der Waals surface area contributed by atoms with Crippen molar-refractivity contribution in [3.05, 3.63) is 78.5 Å². The Morgan fingerprint density at radius 2 is 2.07 bits per heavy atom. The number of carbonyl (C=O) groups is 1. The SMILES string of the molecule is CC1CN(C(=O)NCc2ccc(-n3ccnc3)nc2)CC(c2ccccc2)O1. The lowest BCUT2D eigenvalue weighted by atomic mass is 10.1. The van der Waals surface area contributed by atoms with E-state index in [4.69, 9.17) is 4.74 Å². The number of nitrogens with one attached hydrogen (secondary N) is 1. The number of nitrogens with zero attached hydrogens (tertiary/aromatic N) is 4. The molecule has 4 rings (SSSR count). The van der Waals surface area contributed by atoms with E-state index in [9.17, 15) is 4.79 Å². The highest BCUT2D eigenvalue weighted by atomic mass is 16.5. The molecular formula is C21H23N5O2. The molecule has 1 fully saturated rings. The number of carbonyl (C=O) groups excluding carboxylic acids is 1. The van der Waals surface area contributed by atoms with E-state index >= 15 is 0 Å². The van der Waals surface area contributed by atoms with Gasteiger partial charge in [-0.15, -0.1) is 0 Å². The number of amides is 2. The fourth-order valence-electron chi connectivity index (χ4n) is 3.33. The number of hydrogen-bond acceptors (Lipinski definition) is 4. The fourth-order valence-corrected chi connectivity index (χ4v) is 3.33. The molecule has 2 unspecified atom stereocenters. The quantitative estimate of drug-likeness (QED) is 0.759. The van der Waals surface area contributed by atoms with Gasteiger partial charge < -0.3 is 15.0 Å². The molecule has 7 heteroatoms. The molecule has 1 aliphatic heterocycles. The van der Waals surface area contributed by atoms with Crippen molar-refractivity contribution in [3.8, 4) is 5.82 Å². The summed E-state index contributed by atoms with van der Waals surface area (Å²) in [7, 11) is 0. The monoisotopic (exact) mass is 377 g/mol. The number of rotatable bonds is 4. The van der Waals surface area contributed by atoms with Gasteiger partial charge in [0.2, 0.25) is 0 Å². The summed E-state index contributed by atoms with van der Waals surface area (Å²) in [4.78, 5) is 22.9. The average Bonchev–Trinajstić information content (AvgIpc) is 3.27. The Bertz CT molecular complexity index is 896. The predicted octanol–water partition coefficient (Wildman–Crippen LogP) is 2.94. The molecule has 28 heavy (non-hydrogen) atoms. The zero-order valence-electron chi connectivity index (χ0n) is 15.7. The normalized spacial score (nSPS) is 19.4. The molecule has 3 aromatic rings. The van der Waals surface area contributed by atoms with Gasteiger partial charge in [-0.05, 0) is 24.1 Å². The van der Waals surface area contributed by atoms with Gasteiger partial charge in [-0.2, -0.15) is 0 Å². The third-order valence-corrected chi connectivity index (χ3v) is 4.74. The Hall–Kier alpha value is -3.19. The number of morpholine rings is 1. The van der Waals surface area contributed by atoms with E-state index < -0.39 is 0 Å². The lowest BCUT2D eigenvalue weighted by Crippen LogP contribution is -2.49. The van der Waals surface area contributed by atoms with Crippen LogP contribution in [0.1, 0.15) is 24.2 Å². The summed E-state index contributed by atoms with van der Waals surface area (Å²) in [6, 6.07) is 13.8. The molecule has 0 saturated carbocycles. The highest BCUT2D eigenvalue weighted by molar-refractivity contribution is 5.74. The van der Waals surface area contributed by atoms with Gasteiger partial charge in [-0.3, -0.25) is 4.57 Å². The molecular weight excluding hydrogens is 354 g/mol. The molecule has 144 valence electrons. The zero-order valence-corrected chi connectivity index (χ0v) is 15.7. The van der Waals surface area contributed by atoms with Crippen LogP contribution in [0.15, 0.2) is 67.4 Å². The molecule has 0 aliphatic carbocycles. The first-order chi connectivity index (χ1) is 13.7. The Balaban J connectivity index is 1.35. The molecule has 3 heterocycles. The first kappa shape index (κ1) is 18.2. The molecule has 1 saturated heterocycles. The van der Waals surface area contributed by atoms with Crippen molar-refractivity contribution in [1.82, 2.24) is 24.8 Å². The van der Waals surface area contributed by atoms with E-state index in [1.54, 1.807) is 18.7 Å². The number of benzene rings is 1. The summed E-state index contributed by atoms with van der Waals surface area (Å²) < 4.78 is 7.86. The summed E-state index contributed by atoms with van der Waals surface area (Å²) in [6.45, 7) is 3.54. The van der Waals surface area contributed by atoms with E-state index in [2.05, 4.69) is 15.3 Å². The average molecular weight is 377 g/mol. The first-order valence-corrected chi connectivity index (χ1v) is 9.35. The number of ether oxygens (including phenoxy) is 1. The number of imidazole rings is 1. The van der Waals surface area contributed by atoms with Gasteiger partial charge in [-0.1, -0.05) is 36.4 Å². The number of pyridine rings is 1. The van der Waals surface area contributed by atoms with Crippen LogP contribution in [0, 0.1) is 0 Å². The summed E-state index contributed by atoms with van der Waals surface area (Å²) in [5, 5.41) is 2.99. The van der Waals surface area contributed by atoms with Crippen molar-refractivity contribution in [1.29, 1.82) is 0 Å². The molecule has 0 spiro atoms. The van der Waals surface area contributed by atoms with Gasteiger partial charge in [0.05, 0.1) is 12.6 Å². The first-order valence-electron chi connectivity index (χ1n) is 9.35. The molecule has 1 aliphatic rings. The van der Waals surface area contributed by atoms with Gasteiger partial charge in [0.1, 0.15) is 18.2 Å². The van der Waals surface area contributed by atoms with Crippen molar-refractivity contribution >= 4 is 6.03 Å². The van der Waals surface area contributed by atoms with E-state index in [1.807, 2.05) is 65.1 Å². The van der Waals surface area contributed by atoms with Gasteiger partial charge in [-0.25, -0.2) is 14.8 Å². The number of hydrogen-bond donors (Lipinski definition) is 1. The van der Waals surface area contributed by atoms with E-state index in [-0.39, 0.29) is 18.2 Å². The lowest BCUT2D eigenvalue weighted by Gasteiger charge is -2.37. The van der Waals surface area contributed by atoms with Crippen LogP contribution in [-0.2, 0) is 11.3 Å². The summed E-state index contributed by atoms with van der Waals surface area (Å²) in [5.41, 5.74) is 2.03. The van der Waals surface area contributed by atoms with E-state index in [0.717, 1.165) is 16.9 Å². The van der Waals surface area contributed by atoms with Crippen molar-refractivity contribution in [2.45, 2.75) is 25.7 Å². The molecule has 7 nitrogen and oxygen atoms in total. The van der Waals surface area contributed by atoms with E-state index in [0.29, 0.717) is 19.6 Å². The van der Waals surface area contributed by atoms with Crippen LogP contribution in [0.3, 0.4) is 0 Å². The molecule has 0 radical (unpaired) electrons. The van der Waals surface area contributed by atoms with Gasteiger partial charge >= 0.3 is 6.03 Å². The second kappa shape index (κ2) is 8.22. The van der Waals surface area contributed by atoms with Crippen LogP contribution in [0.4, 0.5) is 4.79 Å². The fraction of sp³-hybridized carbons (Fsp3) is 0.286. The molecule has 2 amide bonds. The predicted molar refractivity (Wildman–Crippen MR) is 105 cm³/mol. The molecule has 1 aromatic carbocycles. The summed E-state index contributed by atoms with van der Waals surface area (Å²) in [6.07, 6.45) is 6.90. The van der Waals surface area contributed by atoms with Crippen LogP contribution >= 0.6 is 0 Å². The van der Waals surface area contributed by atoms with Gasteiger partial charge in [0, 0.05) is 31.7 Å². The Morgan fingerprint density at radius 1 is 1.21 bits per heavy atom. The van der Waals surface area contributed by atoms with Crippen molar-refractivity contribution < 1.29 is 9.53 Å². The van der Waals surface area contributed by atoms with Gasteiger partial charge in [0.15, 0.2) is 0 Å². The zero-order chi connectivity index (χ0) is 19.3. The minimum Gasteiger partial charge on any atom is -0.367 e. The highest BCUT2D eigenvalue weighted by Gasteiger charge is 2.29. The van der Waals surface area contributed by atoms with Crippen LogP contribution in [0.2, 0.25) is 0 Å². The minimum atomic E-state index is -0.105. The largest absolute Gasteiger partial charge is 0.367 e. The van der Waals surface area contributed by atoms with Crippen molar-refractivity contribution in [2.24, 2.45) is 0 Å². The van der Waals surface area contributed by atoms with E-state index in [1.165, 1.54) is 0 Å². The van der Waals surface area contributed by atoms with Crippen LogP contribution in [-0.4, -0.2) is 44.7 Å². The lowest BCUT2D eigenvalue weighted by molar-refractivity contribution is -0.0657. The third-order valence-electron chi connectivity index (χ3n) is 4.74. The van der Waals surface area contributed by atoms with Crippen LogP contribution in [0.25, 0.3) is 5.82 Å². The second-order valence-electron chi connectivity index (χ2n) is 6.90. The van der Waals surface area contributed by atoms with Crippen molar-refractivity contribution in [3.63, 3.8) is 0 Å². The molecule has 0 bridgehead atoms. The number of urea groups is 1. The molecule has 2 atom stereocenters. The minimum absolute atomic E-state index is 0.0131. The van der Waals surface area contributed by atoms with Gasteiger partial charge in [0.25, 0.3) is 0 Å². The second-order valence-corrected chi connectivity index (χ2v) is 6.90. The molecule has 1 N–H and O–H groups in total. The Morgan fingerprint density at radius 3 is 2.79 bits per heavy atom. The smallest absolute Gasteiger partial charge is 0.317 e. The molecule has 2 aromatic heterocycles. The number of aromatic nitrogens is 3. The Kier molecular flexibility index (Phi) is 5.34. The summed E-state index contributed by atoms with van der Waals surface area (Å²) >= 11 is 0. The maximum absolute atomic E-state index is 12.7. The Labute approximate surface area is 164 Å². The maximum atomic E-state index is 12.7. The topological polar surface area (TPSA) is 72.3 Å².